The van der Waals surface area contributed by atoms with Crippen molar-refractivity contribution >= 4 is 38.9 Å². The predicted octanol–water partition coefficient (Wildman–Crippen LogP) is 2.25. The Kier molecular flexibility index (Phi) is 4.91. The Labute approximate surface area is 149 Å². The molecule has 6 nitrogen and oxygen atoms in total. The van der Waals surface area contributed by atoms with Crippen molar-refractivity contribution in [2.45, 2.75) is 11.8 Å². The monoisotopic (exact) mass is 385 g/mol. The van der Waals surface area contributed by atoms with Crippen molar-refractivity contribution < 1.29 is 13.2 Å². The first-order valence-electron chi connectivity index (χ1n) is 7.35. The van der Waals surface area contributed by atoms with E-state index in [0.29, 0.717) is 23.7 Å². The third-order valence-corrected chi connectivity index (χ3v) is 7.24. The fourth-order valence-electron chi connectivity index (χ4n) is 2.58. The minimum atomic E-state index is -3.65. The zero-order chi connectivity index (χ0) is 17.3. The summed E-state index contributed by atoms with van der Waals surface area (Å²) >= 11 is 7.32. The maximum atomic E-state index is 12.7. The van der Waals surface area contributed by atoms with Crippen LogP contribution in [0.4, 0.5) is 0 Å². The molecule has 1 saturated heterocycles. The molecule has 2 aromatic rings. The van der Waals surface area contributed by atoms with Crippen LogP contribution in [0.2, 0.25) is 5.02 Å². The summed E-state index contributed by atoms with van der Waals surface area (Å²) in [4.78, 5) is 18.9. The van der Waals surface area contributed by atoms with E-state index in [1.165, 1.54) is 21.7 Å². The maximum absolute atomic E-state index is 12.7. The van der Waals surface area contributed by atoms with E-state index in [1.807, 2.05) is 0 Å². The summed E-state index contributed by atoms with van der Waals surface area (Å²) in [6.45, 7) is 2.98. The normalized spacial score (nSPS) is 16.3. The van der Waals surface area contributed by atoms with Gasteiger partial charge in [-0.05, 0) is 19.1 Å². The lowest BCUT2D eigenvalue weighted by atomic mass is 10.3. The van der Waals surface area contributed by atoms with Gasteiger partial charge in [-0.15, -0.1) is 11.3 Å². The fraction of sp³-hybridized carbons (Fsp3) is 0.333. The van der Waals surface area contributed by atoms with Gasteiger partial charge in [0.05, 0.1) is 16.2 Å². The molecule has 0 saturated carbocycles. The average molecular weight is 386 g/mol. The molecular weight excluding hydrogens is 370 g/mol. The van der Waals surface area contributed by atoms with Gasteiger partial charge in [-0.1, -0.05) is 23.7 Å². The SMILES string of the molecule is Cc1ncsc1C(=O)N1CCN(S(=O)(=O)c2ccccc2Cl)CC1. The molecule has 24 heavy (non-hydrogen) atoms. The first-order chi connectivity index (χ1) is 11.4. The summed E-state index contributed by atoms with van der Waals surface area (Å²) in [6.07, 6.45) is 0. The zero-order valence-electron chi connectivity index (χ0n) is 13.0. The molecule has 1 amide bonds. The number of amides is 1. The second-order valence-corrected chi connectivity index (χ2v) is 8.56. The fourth-order valence-corrected chi connectivity index (χ4v) is 5.26. The number of halogens is 1. The number of carbonyl (C=O) groups excluding carboxylic acids is 1. The van der Waals surface area contributed by atoms with Crippen molar-refractivity contribution in [2.24, 2.45) is 0 Å². The molecule has 0 aliphatic carbocycles. The highest BCUT2D eigenvalue weighted by atomic mass is 35.5. The van der Waals surface area contributed by atoms with E-state index in [4.69, 9.17) is 11.6 Å². The van der Waals surface area contributed by atoms with Crippen molar-refractivity contribution in [3.63, 3.8) is 0 Å². The molecular formula is C15H16ClN3O3S2. The number of piperazine rings is 1. The molecule has 0 unspecified atom stereocenters. The van der Waals surface area contributed by atoms with Gasteiger partial charge in [-0.3, -0.25) is 4.79 Å². The number of thiazole rings is 1. The van der Waals surface area contributed by atoms with E-state index in [2.05, 4.69) is 4.98 Å². The van der Waals surface area contributed by atoms with E-state index in [-0.39, 0.29) is 28.9 Å². The molecule has 1 aromatic heterocycles. The molecule has 1 aliphatic rings. The second-order valence-electron chi connectivity index (χ2n) is 5.39. The number of aromatic nitrogens is 1. The lowest BCUT2D eigenvalue weighted by Gasteiger charge is -2.34. The second kappa shape index (κ2) is 6.79. The number of sulfonamides is 1. The first-order valence-corrected chi connectivity index (χ1v) is 10.0. The van der Waals surface area contributed by atoms with Gasteiger partial charge in [0.2, 0.25) is 10.0 Å². The van der Waals surface area contributed by atoms with Crippen LogP contribution in [0.3, 0.4) is 0 Å². The Morgan fingerprint density at radius 3 is 2.46 bits per heavy atom. The summed E-state index contributed by atoms with van der Waals surface area (Å²) in [6, 6.07) is 6.39. The number of hydrogen-bond acceptors (Lipinski definition) is 5. The number of hydrogen-bond donors (Lipinski definition) is 0. The van der Waals surface area contributed by atoms with E-state index in [1.54, 1.807) is 35.5 Å². The largest absolute Gasteiger partial charge is 0.335 e. The number of rotatable bonds is 3. The van der Waals surface area contributed by atoms with E-state index in [0.717, 1.165) is 0 Å². The summed E-state index contributed by atoms with van der Waals surface area (Å²) in [5.41, 5.74) is 2.34. The molecule has 2 heterocycles. The van der Waals surface area contributed by atoms with Crippen molar-refractivity contribution in [3.8, 4) is 0 Å². The molecule has 0 atom stereocenters. The molecule has 0 spiro atoms. The van der Waals surface area contributed by atoms with Crippen LogP contribution in [-0.2, 0) is 10.0 Å². The van der Waals surface area contributed by atoms with Crippen LogP contribution in [0.25, 0.3) is 0 Å². The van der Waals surface area contributed by atoms with Crippen LogP contribution in [0.1, 0.15) is 15.4 Å². The van der Waals surface area contributed by atoms with Crippen LogP contribution in [-0.4, -0.2) is 54.7 Å². The van der Waals surface area contributed by atoms with Crippen LogP contribution < -0.4 is 0 Å². The smallest absolute Gasteiger partial charge is 0.265 e. The van der Waals surface area contributed by atoms with Crippen molar-refractivity contribution in [3.05, 3.63) is 45.4 Å². The van der Waals surface area contributed by atoms with Crippen LogP contribution >= 0.6 is 22.9 Å². The Morgan fingerprint density at radius 2 is 1.88 bits per heavy atom. The quantitative estimate of drug-likeness (QED) is 0.812. The third-order valence-electron chi connectivity index (χ3n) is 3.92. The molecule has 0 radical (unpaired) electrons. The van der Waals surface area contributed by atoms with Gasteiger partial charge in [0.1, 0.15) is 9.77 Å². The highest BCUT2D eigenvalue weighted by Gasteiger charge is 2.32. The molecule has 128 valence electrons. The summed E-state index contributed by atoms with van der Waals surface area (Å²) in [5.74, 6) is -0.0928. The first kappa shape index (κ1) is 17.3. The minimum absolute atomic E-state index is 0.0928. The van der Waals surface area contributed by atoms with Crippen molar-refractivity contribution in [1.29, 1.82) is 0 Å². The summed E-state index contributed by atoms with van der Waals surface area (Å²) in [5, 5.41) is 0.205. The van der Waals surface area contributed by atoms with Gasteiger partial charge in [0.25, 0.3) is 5.91 Å². The number of benzene rings is 1. The molecule has 9 heteroatoms. The number of nitrogens with zero attached hydrogens (tertiary/aromatic N) is 3. The zero-order valence-corrected chi connectivity index (χ0v) is 15.4. The number of carbonyl (C=O) groups is 1. The predicted molar refractivity (Wildman–Crippen MR) is 93.0 cm³/mol. The lowest BCUT2D eigenvalue weighted by molar-refractivity contribution is 0.0702. The van der Waals surface area contributed by atoms with Gasteiger partial charge in [-0.2, -0.15) is 4.31 Å². The topological polar surface area (TPSA) is 70.6 Å². The molecule has 0 N–H and O–H groups in total. The Bertz CT molecular complexity index is 858. The number of aryl methyl sites for hydroxylation is 1. The van der Waals surface area contributed by atoms with Gasteiger partial charge >= 0.3 is 0 Å². The van der Waals surface area contributed by atoms with E-state index < -0.39 is 10.0 Å². The standard InChI is InChI=1S/C15H16ClN3O3S2/c1-11-14(23-10-17-11)15(20)18-6-8-19(9-7-18)24(21,22)13-5-3-2-4-12(13)16/h2-5,10H,6-9H2,1H3. The van der Waals surface area contributed by atoms with E-state index >= 15 is 0 Å². The van der Waals surface area contributed by atoms with Crippen molar-refractivity contribution in [1.82, 2.24) is 14.2 Å². The van der Waals surface area contributed by atoms with Gasteiger partial charge in [-0.25, -0.2) is 13.4 Å². The lowest BCUT2D eigenvalue weighted by Crippen LogP contribution is -2.50. The Morgan fingerprint density at radius 1 is 1.21 bits per heavy atom. The van der Waals surface area contributed by atoms with Crippen LogP contribution in [0.5, 0.6) is 0 Å². The molecule has 0 bridgehead atoms. The summed E-state index contributed by atoms with van der Waals surface area (Å²) in [7, 11) is -3.65. The van der Waals surface area contributed by atoms with Crippen molar-refractivity contribution in [2.75, 3.05) is 26.2 Å². The van der Waals surface area contributed by atoms with Crippen LogP contribution in [0.15, 0.2) is 34.7 Å². The van der Waals surface area contributed by atoms with Gasteiger partial charge in [0.15, 0.2) is 0 Å². The molecule has 1 fully saturated rings. The third kappa shape index (κ3) is 3.19. The van der Waals surface area contributed by atoms with Gasteiger partial charge < -0.3 is 4.90 Å². The molecule has 1 aliphatic heterocycles. The molecule has 3 rings (SSSR count). The summed E-state index contributed by atoms with van der Waals surface area (Å²) < 4.78 is 26.8. The minimum Gasteiger partial charge on any atom is -0.335 e. The Balaban J connectivity index is 1.72. The van der Waals surface area contributed by atoms with Gasteiger partial charge in [0, 0.05) is 26.2 Å². The van der Waals surface area contributed by atoms with E-state index in [9.17, 15) is 13.2 Å². The molecule has 1 aromatic carbocycles. The highest BCUT2D eigenvalue weighted by Crippen LogP contribution is 2.25. The Hall–Kier alpha value is -1.48. The average Bonchev–Trinajstić information content (AvgIpc) is 3.00. The maximum Gasteiger partial charge on any atom is 0.265 e. The highest BCUT2D eigenvalue weighted by molar-refractivity contribution is 7.89. The van der Waals surface area contributed by atoms with Crippen LogP contribution in [0, 0.1) is 6.92 Å².